The maximum absolute atomic E-state index is 11.4. The van der Waals surface area contributed by atoms with Crippen LogP contribution in [0.4, 0.5) is 0 Å². The molecule has 0 bridgehead atoms. The van der Waals surface area contributed by atoms with Crippen LogP contribution in [0.1, 0.15) is 10.6 Å². The molecule has 2 aromatic rings. The molecule has 0 amide bonds. The maximum atomic E-state index is 11.4. The predicted molar refractivity (Wildman–Crippen MR) is 63.8 cm³/mol. The molecule has 2 aromatic heterocycles. The van der Waals surface area contributed by atoms with Crippen molar-refractivity contribution in [2.75, 3.05) is 7.11 Å². The van der Waals surface area contributed by atoms with Crippen molar-refractivity contribution in [3.63, 3.8) is 0 Å². The molecule has 1 N–H and O–H groups in total. The Hall–Kier alpha value is -1.78. The molecular formula is C8H6IN5O3. The van der Waals surface area contributed by atoms with Crippen LogP contribution < -0.4 is 5.56 Å². The molecule has 2 rings (SSSR count). The fourth-order valence-corrected chi connectivity index (χ4v) is 1.63. The molecule has 88 valence electrons. The van der Waals surface area contributed by atoms with E-state index in [4.69, 9.17) is 0 Å². The summed E-state index contributed by atoms with van der Waals surface area (Å²) in [6.45, 7) is 0. The van der Waals surface area contributed by atoms with E-state index in [1.807, 2.05) is 22.6 Å². The van der Waals surface area contributed by atoms with E-state index in [1.54, 1.807) is 0 Å². The van der Waals surface area contributed by atoms with Gasteiger partial charge in [0.1, 0.15) is 9.90 Å². The van der Waals surface area contributed by atoms with E-state index < -0.39 is 5.97 Å². The van der Waals surface area contributed by atoms with Crippen molar-refractivity contribution in [3.8, 4) is 5.82 Å². The Labute approximate surface area is 108 Å². The summed E-state index contributed by atoms with van der Waals surface area (Å²) >= 11 is 1.83. The van der Waals surface area contributed by atoms with Gasteiger partial charge in [-0.1, -0.05) is 0 Å². The molecule has 0 atom stereocenters. The SMILES string of the molecule is COC(=O)c1ncn(-c2nc[nH]c(=O)c2I)n1. The second-order valence-corrected chi connectivity index (χ2v) is 3.95. The summed E-state index contributed by atoms with van der Waals surface area (Å²) in [4.78, 5) is 32.6. The summed E-state index contributed by atoms with van der Waals surface area (Å²) in [6.07, 6.45) is 2.54. The zero-order valence-corrected chi connectivity index (χ0v) is 10.7. The van der Waals surface area contributed by atoms with Gasteiger partial charge in [0.2, 0.25) is 0 Å². The number of halogens is 1. The molecule has 0 unspecified atom stereocenters. The van der Waals surface area contributed by atoms with E-state index in [0.29, 0.717) is 9.39 Å². The lowest BCUT2D eigenvalue weighted by Gasteiger charge is -1.99. The Morgan fingerprint density at radius 1 is 1.53 bits per heavy atom. The summed E-state index contributed by atoms with van der Waals surface area (Å²) in [5.74, 6) is -0.439. The Morgan fingerprint density at radius 3 is 3.00 bits per heavy atom. The van der Waals surface area contributed by atoms with Gasteiger partial charge in [-0.25, -0.2) is 19.4 Å². The molecule has 0 saturated carbocycles. The van der Waals surface area contributed by atoms with Gasteiger partial charge in [-0.3, -0.25) is 4.79 Å². The van der Waals surface area contributed by atoms with Gasteiger partial charge >= 0.3 is 5.97 Å². The molecule has 0 radical (unpaired) electrons. The Bertz CT molecular complexity index is 620. The molecule has 0 saturated heterocycles. The van der Waals surface area contributed by atoms with Crippen LogP contribution in [-0.2, 0) is 4.74 Å². The summed E-state index contributed by atoms with van der Waals surface area (Å²) < 4.78 is 6.06. The zero-order chi connectivity index (χ0) is 12.4. The van der Waals surface area contributed by atoms with Gasteiger partial charge in [0.25, 0.3) is 11.4 Å². The van der Waals surface area contributed by atoms with Gasteiger partial charge in [-0.2, -0.15) is 0 Å². The number of carbonyl (C=O) groups excluding carboxylic acids is 1. The van der Waals surface area contributed by atoms with Crippen LogP contribution in [-0.4, -0.2) is 37.8 Å². The lowest BCUT2D eigenvalue weighted by atomic mass is 10.6. The number of aromatic amines is 1. The van der Waals surface area contributed by atoms with Gasteiger partial charge in [0, 0.05) is 0 Å². The predicted octanol–water partition coefficient (Wildman–Crippen LogP) is -0.258. The highest BCUT2D eigenvalue weighted by molar-refractivity contribution is 14.1. The molecule has 0 aliphatic rings. The highest BCUT2D eigenvalue weighted by atomic mass is 127. The number of methoxy groups -OCH3 is 1. The number of esters is 1. The maximum Gasteiger partial charge on any atom is 0.377 e. The third-order valence-electron chi connectivity index (χ3n) is 1.85. The Balaban J connectivity index is 2.47. The van der Waals surface area contributed by atoms with Crippen molar-refractivity contribution in [3.05, 3.63) is 32.4 Å². The zero-order valence-electron chi connectivity index (χ0n) is 8.55. The molecule has 17 heavy (non-hydrogen) atoms. The van der Waals surface area contributed by atoms with Crippen molar-refractivity contribution in [2.24, 2.45) is 0 Å². The number of rotatable bonds is 2. The van der Waals surface area contributed by atoms with Gasteiger partial charge in [-0.05, 0) is 22.6 Å². The quantitative estimate of drug-likeness (QED) is 0.593. The van der Waals surface area contributed by atoms with Crippen molar-refractivity contribution >= 4 is 28.6 Å². The van der Waals surface area contributed by atoms with Crippen molar-refractivity contribution in [1.29, 1.82) is 0 Å². The topological polar surface area (TPSA) is 103 Å². The second kappa shape index (κ2) is 4.61. The number of hydrogen-bond acceptors (Lipinski definition) is 6. The Morgan fingerprint density at radius 2 is 2.29 bits per heavy atom. The minimum absolute atomic E-state index is 0.0922. The number of nitrogens with zero attached hydrogens (tertiary/aromatic N) is 4. The number of carbonyl (C=O) groups is 1. The monoisotopic (exact) mass is 347 g/mol. The minimum atomic E-state index is -0.649. The molecule has 0 aliphatic heterocycles. The van der Waals surface area contributed by atoms with Crippen LogP contribution in [0.15, 0.2) is 17.4 Å². The summed E-state index contributed by atoms with van der Waals surface area (Å²) in [5.41, 5.74) is -0.286. The third kappa shape index (κ3) is 2.18. The van der Waals surface area contributed by atoms with E-state index >= 15 is 0 Å². The number of H-pyrrole nitrogens is 1. The number of aromatic nitrogens is 5. The van der Waals surface area contributed by atoms with Crippen molar-refractivity contribution < 1.29 is 9.53 Å². The number of hydrogen-bond donors (Lipinski definition) is 1. The smallest absolute Gasteiger partial charge is 0.377 e. The first-order valence-corrected chi connectivity index (χ1v) is 5.45. The van der Waals surface area contributed by atoms with E-state index in [-0.39, 0.29) is 11.4 Å². The van der Waals surface area contributed by atoms with E-state index in [0.717, 1.165) is 0 Å². The Kier molecular flexibility index (Phi) is 3.17. The average Bonchev–Trinajstić information content (AvgIpc) is 2.81. The lowest BCUT2D eigenvalue weighted by Crippen LogP contribution is -2.15. The molecule has 0 aliphatic carbocycles. The standard InChI is InChI=1S/C8H6IN5O3/c1-17-8(16)5-12-3-14(13-5)6-4(9)7(15)11-2-10-6/h2-3H,1H3,(H,10,11,15). The first-order valence-electron chi connectivity index (χ1n) is 4.37. The molecule has 0 aromatic carbocycles. The number of ether oxygens (including phenoxy) is 1. The van der Waals surface area contributed by atoms with Gasteiger partial charge < -0.3 is 9.72 Å². The van der Waals surface area contributed by atoms with Crippen LogP contribution in [0, 0.1) is 3.57 Å². The molecule has 8 nitrogen and oxygen atoms in total. The number of nitrogens with one attached hydrogen (secondary N) is 1. The van der Waals surface area contributed by atoms with Gasteiger partial charge in [-0.15, -0.1) is 5.10 Å². The van der Waals surface area contributed by atoms with Crippen LogP contribution in [0.25, 0.3) is 5.82 Å². The third-order valence-corrected chi connectivity index (χ3v) is 2.83. The average molecular weight is 347 g/mol. The molecule has 2 heterocycles. The minimum Gasteiger partial charge on any atom is -0.463 e. The first-order chi connectivity index (χ1) is 8.13. The van der Waals surface area contributed by atoms with Gasteiger partial charge in [0.15, 0.2) is 5.82 Å². The first kappa shape index (κ1) is 11.7. The normalized spacial score (nSPS) is 10.2. The second-order valence-electron chi connectivity index (χ2n) is 2.87. The van der Waals surface area contributed by atoms with Crippen molar-refractivity contribution in [1.82, 2.24) is 24.7 Å². The highest BCUT2D eigenvalue weighted by Crippen LogP contribution is 2.07. The van der Waals surface area contributed by atoms with Crippen LogP contribution in [0.2, 0.25) is 0 Å². The van der Waals surface area contributed by atoms with Crippen LogP contribution in [0.3, 0.4) is 0 Å². The lowest BCUT2D eigenvalue weighted by molar-refractivity contribution is 0.0587. The van der Waals surface area contributed by atoms with Crippen LogP contribution >= 0.6 is 22.6 Å². The summed E-state index contributed by atoms with van der Waals surface area (Å²) in [7, 11) is 1.23. The van der Waals surface area contributed by atoms with Gasteiger partial charge in [0.05, 0.1) is 13.4 Å². The molecular weight excluding hydrogens is 341 g/mol. The van der Waals surface area contributed by atoms with E-state index in [1.165, 1.54) is 24.4 Å². The summed E-state index contributed by atoms with van der Waals surface area (Å²) in [6, 6.07) is 0. The highest BCUT2D eigenvalue weighted by Gasteiger charge is 2.14. The summed E-state index contributed by atoms with van der Waals surface area (Å²) in [5, 5.41) is 3.86. The van der Waals surface area contributed by atoms with E-state index in [9.17, 15) is 9.59 Å². The van der Waals surface area contributed by atoms with E-state index in [2.05, 4.69) is 24.8 Å². The molecule has 9 heteroatoms. The fraction of sp³-hybridized carbons (Fsp3) is 0.125. The largest absolute Gasteiger partial charge is 0.463 e. The molecule has 0 fully saturated rings. The molecule has 0 spiro atoms. The fourth-order valence-electron chi connectivity index (χ4n) is 1.08. The van der Waals surface area contributed by atoms with Crippen LogP contribution in [0.5, 0.6) is 0 Å². The van der Waals surface area contributed by atoms with Crippen molar-refractivity contribution in [2.45, 2.75) is 0 Å².